The van der Waals surface area contributed by atoms with Gasteiger partial charge in [0.15, 0.2) is 0 Å². The lowest BCUT2D eigenvalue weighted by Crippen LogP contribution is -2.34. The van der Waals surface area contributed by atoms with E-state index in [1.807, 2.05) is 32.0 Å². The molecule has 0 fully saturated rings. The zero-order valence-corrected chi connectivity index (χ0v) is 13.9. The van der Waals surface area contributed by atoms with Crippen molar-refractivity contribution in [3.05, 3.63) is 29.0 Å². The van der Waals surface area contributed by atoms with Crippen molar-refractivity contribution in [2.75, 3.05) is 6.61 Å². The molecule has 0 N–H and O–H groups in total. The summed E-state index contributed by atoms with van der Waals surface area (Å²) < 4.78 is 7.27. The van der Waals surface area contributed by atoms with Crippen LogP contribution in [-0.4, -0.2) is 22.1 Å². The lowest BCUT2D eigenvalue weighted by atomic mass is 9.92. The predicted octanol–water partition coefficient (Wildman–Crippen LogP) is 4.11. The first-order valence-electron chi connectivity index (χ1n) is 7.14. The first kappa shape index (κ1) is 15.8. The summed E-state index contributed by atoms with van der Waals surface area (Å²) in [6.45, 7) is 9.98. The number of carbonyl (C=O) groups is 1. The summed E-state index contributed by atoms with van der Waals surface area (Å²) in [5, 5.41) is 0.636. The number of hydrogen-bond acceptors (Lipinski definition) is 3. The average molecular weight is 309 g/mol. The summed E-state index contributed by atoms with van der Waals surface area (Å²) in [4.78, 5) is 16.9. The van der Waals surface area contributed by atoms with E-state index in [2.05, 4.69) is 23.4 Å². The fourth-order valence-corrected chi connectivity index (χ4v) is 2.60. The number of imidazole rings is 1. The molecular weight excluding hydrogens is 288 g/mol. The van der Waals surface area contributed by atoms with Gasteiger partial charge >= 0.3 is 5.97 Å². The van der Waals surface area contributed by atoms with Crippen molar-refractivity contribution in [3.63, 3.8) is 0 Å². The summed E-state index contributed by atoms with van der Waals surface area (Å²) in [5.41, 5.74) is 0.955. The SMILES string of the molecule is CCOC(=O)C(C)(C)c1nc2cc(Cl)ccc2n1C(C)C. The molecule has 4 nitrogen and oxygen atoms in total. The van der Waals surface area contributed by atoms with E-state index in [9.17, 15) is 4.79 Å². The van der Waals surface area contributed by atoms with Crippen molar-refractivity contribution in [2.45, 2.75) is 46.1 Å². The van der Waals surface area contributed by atoms with Crippen LogP contribution in [0.15, 0.2) is 18.2 Å². The summed E-state index contributed by atoms with van der Waals surface area (Å²) in [5.74, 6) is 0.432. The van der Waals surface area contributed by atoms with E-state index in [0.29, 0.717) is 17.5 Å². The third-order valence-electron chi connectivity index (χ3n) is 3.51. The van der Waals surface area contributed by atoms with Gasteiger partial charge in [-0.1, -0.05) is 11.6 Å². The van der Waals surface area contributed by atoms with Crippen LogP contribution in [0.5, 0.6) is 0 Å². The molecule has 0 aliphatic rings. The Hall–Kier alpha value is -1.55. The van der Waals surface area contributed by atoms with Gasteiger partial charge < -0.3 is 9.30 Å². The minimum Gasteiger partial charge on any atom is -0.465 e. The zero-order chi connectivity index (χ0) is 15.8. The molecule has 21 heavy (non-hydrogen) atoms. The molecule has 5 heteroatoms. The van der Waals surface area contributed by atoms with Gasteiger partial charge in [-0.25, -0.2) is 4.98 Å². The topological polar surface area (TPSA) is 44.1 Å². The monoisotopic (exact) mass is 308 g/mol. The molecule has 1 aromatic carbocycles. The van der Waals surface area contributed by atoms with Crippen LogP contribution in [0.25, 0.3) is 11.0 Å². The molecule has 0 bridgehead atoms. The van der Waals surface area contributed by atoms with Crippen LogP contribution in [0.2, 0.25) is 5.02 Å². The molecule has 0 radical (unpaired) electrons. The zero-order valence-electron chi connectivity index (χ0n) is 13.1. The molecule has 0 aliphatic heterocycles. The Morgan fingerprint density at radius 1 is 1.43 bits per heavy atom. The first-order valence-corrected chi connectivity index (χ1v) is 7.52. The van der Waals surface area contributed by atoms with Crippen molar-refractivity contribution < 1.29 is 9.53 Å². The van der Waals surface area contributed by atoms with Crippen LogP contribution >= 0.6 is 11.6 Å². The maximum absolute atomic E-state index is 12.3. The number of aromatic nitrogens is 2. The van der Waals surface area contributed by atoms with E-state index in [-0.39, 0.29) is 12.0 Å². The standard InChI is InChI=1S/C16H21ClN2O2/c1-6-21-15(20)16(4,5)14-18-12-9-11(17)7-8-13(12)19(14)10(2)3/h7-10H,6H2,1-5H3. The van der Waals surface area contributed by atoms with Crippen LogP contribution in [0.4, 0.5) is 0 Å². The van der Waals surface area contributed by atoms with Crippen molar-refractivity contribution >= 4 is 28.6 Å². The van der Waals surface area contributed by atoms with Gasteiger partial charge in [0.1, 0.15) is 11.2 Å². The molecule has 0 atom stereocenters. The molecule has 0 spiro atoms. The second-order valence-corrected chi connectivity index (χ2v) is 6.31. The number of ether oxygens (including phenoxy) is 1. The number of fused-ring (bicyclic) bond motifs is 1. The van der Waals surface area contributed by atoms with Gasteiger partial charge in [0.25, 0.3) is 0 Å². The van der Waals surface area contributed by atoms with Crippen LogP contribution in [0, 0.1) is 0 Å². The van der Waals surface area contributed by atoms with Crippen molar-refractivity contribution in [1.29, 1.82) is 0 Å². The predicted molar refractivity (Wildman–Crippen MR) is 84.8 cm³/mol. The number of benzene rings is 1. The van der Waals surface area contributed by atoms with Gasteiger partial charge in [-0.15, -0.1) is 0 Å². The summed E-state index contributed by atoms with van der Waals surface area (Å²) in [6, 6.07) is 5.78. The summed E-state index contributed by atoms with van der Waals surface area (Å²) in [6.07, 6.45) is 0. The highest BCUT2D eigenvalue weighted by molar-refractivity contribution is 6.31. The normalized spacial score (nSPS) is 12.1. The van der Waals surface area contributed by atoms with E-state index in [4.69, 9.17) is 16.3 Å². The highest BCUT2D eigenvalue weighted by atomic mass is 35.5. The highest BCUT2D eigenvalue weighted by Crippen LogP contribution is 2.31. The van der Waals surface area contributed by atoms with Gasteiger partial charge in [-0.2, -0.15) is 0 Å². The second-order valence-electron chi connectivity index (χ2n) is 5.88. The molecule has 0 amide bonds. The lowest BCUT2D eigenvalue weighted by molar-refractivity contribution is -0.149. The summed E-state index contributed by atoms with van der Waals surface area (Å²) in [7, 11) is 0. The Morgan fingerprint density at radius 3 is 2.67 bits per heavy atom. The third-order valence-corrected chi connectivity index (χ3v) is 3.75. The first-order chi connectivity index (χ1) is 9.78. The number of halogens is 1. The molecule has 114 valence electrons. The fourth-order valence-electron chi connectivity index (χ4n) is 2.44. The van der Waals surface area contributed by atoms with Crippen LogP contribution in [0.1, 0.15) is 46.5 Å². The number of nitrogens with zero attached hydrogens (tertiary/aromatic N) is 2. The van der Waals surface area contributed by atoms with Gasteiger partial charge in [0.2, 0.25) is 0 Å². The summed E-state index contributed by atoms with van der Waals surface area (Å²) >= 11 is 6.05. The molecule has 1 aromatic heterocycles. The Kier molecular flexibility index (Phi) is 4.28. The average Bonchev–Trinajstić information content (AvgIpc) is 2.78. The molecule has 0 saturated carbocycles. The number of rotatable bonds is 4. The third kappa shape index (κ3) is 2.77. The Bertz CT molecular complexity index is 674. The molecule has 0 unspecified atom stereocenters. The van der Waals surface area contributed by atoms with E-state index in [0.717, 1.165) is 11.0 Å². The van der Waals surface area contributed by atoms with Crippen molar-refractivity contribution in [3.8, 4) is 0 Å². The van der Waals surface area contributed by atoms with Gasteiger partial charge in [0, 0.05) is 11.1 Å². The Balaban J connectivity index is 2.67. The van der Waals surface area contributed by atoms with Crippen molar-refractivity contribution in [1.82, 2.24) is 9.55 Å². The quantitative estimate of drug-likeness (QED) is 0.798. The van der Waals surface area contributed by atoms with E-state index < -0.39 is 5.41 Å². The Morgan fingerprint density at radius 2 is 2.10 bits per heavy atom. The largest absolute Gasteiger partial charge is 0.465 e. The maximum Gasteiger partial charge on any atom is 0.319 e. The maximum atomic E-state index is 12.3. The van der Waals surface area contributed by atoms with E-state index in [1.54, 1.807) is 6.92 Å². The molecule has 2 rings (SSSR count). The van der Waals surface area contributed by atoms with Crippen molar-refractivity contribution in [2.24, 2.45) is 0 Å². The minimum atomic E-state index is -0.814. The smallest absolute Gasteiger partial charge is 0.319 e. The Labute approximate surface area is 130 Å². The van der Waals surface area contributed by atoms with Crippen LogP contribution in [0.3, 0.4) is 0 Å². The van der Waals surface area contributed by atoms with Gasteiger partial charge in [0.05, 0.1) is 17.6 Å². The van der Waals surface area contributed by atoms with E-state index in [1.165, 1.54) is 0 Å². The fraction of sp³-hybridized carbons (Fsp3) is 0.500. The highest BCUT2D eigenvalue weighted by Gasteiger charge is 2.37. The lowest BCUT2D eigenvalue weighted by Gasteiger charge is -2.24. The molecule has 1 heterocycles. The molecule has 2 aromatic rings. The second kappa shape index (κ2) is 5.68. The molecular formula is C16H21ClN2O2. The van der Waals surface area contributed by atoms with E-state index >= 15 is 0 Å². The van der Waals surface area contributed by atoms with Gasteiger partial charge in [-0.3, -0.25) is 4.79 Å². The number of hydrogen-bond donors (Lipinski definition) is 0. The minimum absolute atomic E-state index is 0.180. The van der Waals surface area contributed by atoms with Crippen LogP contribution < -0.4 is 0 Å². The van der Waals surface area contributed by atoms with Crippen LogP contribution in [-0.2, 0) is 14.9 Å². The van der Waals surface area contributed by atoms with Gasteiger partial charge in [-0.05, 0) is 52.8 Å². The number of esters is 1. The number of carbonyl (C=O) groups excluding carboxylic acids is 1. The molecule has 0 saturated heterocycles. The molecule has 0 aliphatic carbocycles.